The third-order valence-electron chi connectivity index (χ3n) is 3.22. The number of halogens is 1. The van der Waals surface area contributed by atoms with Gasteiger partial charge in [-0.15, -0.1) is 0 Å². The predicted octanol–water partition coefficient (Wildman–Crippen LogP) is 4.34. The van der Waals surface area contributed by atoms with Crippen molar-refractivity contribution in [2.75, 3.05) is 12.5 Å². The van der Waals surface area contributed by atoms with Gasteiger partial charge >= 0.3 is 0 Å². The van der Waals surface area contributed by atoms with Crippen LogP contribution in [-0.2, 0) is 0 Å². The SMILES string of the molecule is COc1ccc(/C=N/Nc2ccnc3cc(Cl)ccc23)cc1. The second-order valence-electron chi connectivity index (χ2n) is 4.66. The van der Waals surface area contributed by atoms with Gasteiger partial charge in [0.25, 0.3) is 0 Å². The summed E-state index contributed by atoms with van der Waals surface area (Å²) in [6, 6.07) is 15.1. The van der Waals surface area contributed by atoms with Crippen molar-refractivity contribution in [2.24, 2.45) is 5.10 Å². The summed E-state index contributed by atoms with van der Waals surface area (Å²) in [4.78, 5) is 4.30. The van der Waals surface area contributed by atoms with Crippen LogP contribution in [0.15, 0.2) is 59.8 Å². The largest absolute Gasteiger partial charge is 0.497 e. The fourth-order valence-electron chi connectivity index (χ4n) is 2.09. The van der Waals surface area contributed by atoms with Crippen LogP contribution >= 0.6 is 11.6 Å². The second-order valence-corrected chi connectivity index (χ2v) is 5.10. The van der Waals surface area contributed by atoms with Crippen molar-refractivity contribution < 1.29 is 4.74 Å². The molecule has 22 heavy (non-hydrogen) atoms. The highest BCUT2D eigenvalue weighted by Gasteiger charge is 2.01. The van der Waals surface area contributed by atoms with Crippen LogP contribution in [0.25, 0.3) is 10.9 Å². The first kappa shape index (κ1) is 14.4. The van der Waals surface area contributed by atoms with Crippen molar-refractivity contribution in [3.8, 4) is 5.75 Å². The van der Waals surface area contributed by atoms with E-state index in [1.54, 1.807) is 19.5 Å². The molecule has 0 saturated carbocycles. The van der Waals surface area contributed by atoms with E-state index in [0.717, 1.165) is 27.9 Å². The molecule has 3 aromatic rings. The Morgan fingerprint density at radius 2 is 1.95 bits per heavy atom. The minimum atomic E-state index is 0.666. The van der Waals surface area contributed by atoms with E-state index in [4.69, 9.17) is 16.3 Å². The number of pyridine rings is 1. The number of hydrogen-bond donors (Lipinski definition) is 1. The number of nitrogens with zero attached hydrogens (tertiary/aromatic N) is 2. The molecular weight excluding hydrogens is 298 g/mol. The van der Waals surface area contributed by atoms with Crippen molar-refractivity contribution in [2.45, 2.75) is 0 Å². The third-order valence-corrected chi connectivity index (χ3v) is 3.45. The van der Waals surface area contributed by atoms with E-state index in [0.29, 0.717) is 5.02 Å². The molecule has 1 aromatic heterocycles. The fraction of sp³-hybridized carbons (Fsp3) is 0.0588. The van der Waals surface area contributed by atoms with Gasteiger partial charge in [-0.05, 0) is 54.1 Å². The summed E-state index contributed by atoms with van der Waals surface area (Å²) in [6.07, 6.45) is 3.48. The predicted molar refractivity (Wildman–Crippen MR) is 91.0 cm³/mol. The maximum atomic E-state index is 5.98. The van der Waals surface area contributed by atoms with Crippen LogP contribution < -0.4 is 10.2 Å². The molecule has 0 aliphatic rings. The molecule has 110 valence electrons. The molecule has 4 nitrogen and oxygen atoms in total. The van der Waals surface area contributed by atoms with Crippen LogP contribution in [0.4, 0.5) is 5.69 Å². The highest BCUT2D eigenvalue weighted by atomic mass is 35.5. The Kier molecular flexibility index (Phi) is 4.21. The van der Waals surface area contributed by atoms with Gasteiger partial charge in [0.1, 0.15) is 5.75 Å². The number of rotatable bonds is 4. The Labute approximate surface area is 133 Å². The van der Waals surface area contributed by atoms with Crippen molar-refractivity contribution >= 4 is 34.4 Å². The molecule has 0 spiro atoms. The Morgan fingerprint density at radius 1 is 1.14 bits per heavy atom. The van der Waals surface area contributed by atoms with Crippen LogP contribution in [0.3, 0.4) is 0 Å². The van der Waals surface area contributed by atoms with Crippen molar-refractivity contribution in [1.82, 2.24) is 4.98 Å². The molecule has 2 aromatic carbocycles. The molecule has 0 bridgehead atoms. The number of methoxy groups -OCH3 is 1. The zero-order valence-corrected chi connectivity index (χ0v) is 12.7. The molecule has 0 atom stereocenters. The van der Waals surface area contributed by atoms with Crippen LogP contribution in [0.5, 0.6) is 5.75 Å². The van der Waals surface area contributed by atoms with Crippen molar-refractivity contribution in [3.05, 3.63) is 65.3 Å². The fourth-order valence-corrected chi connectivity index (χ4v) is 2.25. The van der Waals surface area contributed by atoms with Crippen molar-refractivity contribution in [1.29, 1.82) is 0 Å². The number of benzene rings is 2. The smallest absolute Gasteiger partial charge is 0.118 e. The highest BCUT2D eigenvalue weighted by molar-refractivity contribution is 6.31. The maximum Gasteiger partial charge on any atom is 0.118 e. The second kappa shape index (κ2) is 6.45. The number of aromatic nitrogens is 1. The number of nitrogens with one attached hydrogen (secondary N) is 1. The molecule has 0 unspecified atom stereocenters. The lowest BCUT2D eigenvalue weighted by molar-refractivity contribution is 0.415. The van der Waals surface area contributed by atoms with Gasteiger partial charge in [-0.1, -0.05) is 11.6 Å². The summed E-state index contributed by atoms with van der Waals surface area (Å²) in [7, 11) is 1.64. The van der Waals surface area contributed by atoms with E-state index < -0.39 is 0 Å². The first-order valence-electron chi connectivity index (χ1n) is 6.74. The zero-order valence-electron chi connectivity index (χ0n) is 12.0. The minimum Gasteiger partial charge on any atom is -0.497 e. The van der Waals surface area contributed by atoms with E-state index in [9.17, 15) is 0 Å². The van der Waals surface area contributed by atoms with Gasteiger partial charge in [0.05, 0.1) is 24.5 Å². The third kappa shape index (κ3) is 3.18. The first-order valence-corrected chi connectivity index (χ1v) is 7.11. The Balaban J connectivity index is 1.79. The molecule has 0 amide bonds. The maximum absolute atomic E-state index is 5.98. The molecule has 0 aliphatic heterocycles. The lowest BCUT2D eigenvalue weighted by Gasteiger charge is -2.05. The number of ether oxygens (including phenoxy) is 1. The molecule has 1 heterocycles. The summed E-state index contributed by atoms with van der Waals surface area (Å²) in [5.41, 5.74) is 5.73. The molecule has 5 heteroatoms. The van der Waals surface area contributed by atoms with E-state index >= 15 is 0 Å². The highest BCUT2D eigenvalue weighted by Crippen LogP contribution is 2.24. The average Bonchev–Trinajstić information content (AvgIpc) is 2.55. The van der Waals surface area contributed by atoms with Gasteiger partial charge in [0.2, 0.25) is 0 Å². The Morgan fingerprint density at radius 3 is 2.73 bits per heavy atom. The number of hydrogen-bond acceptors (Lipinski definition) is 4. The Hall–Kier alpha value is -2.59. The van der Waals surface area contributed by atoms with Gasteiger partial charge in [-0.3, -0.25) is 10.4 Å². The average molecular weight is 312 g/mol. The molecule has 1 N–H and O–H groups in total. The molecular formula is C17H14ClN3O. The van der Waals surface area contributed by atoms with E-state index in [-0.39, 0.29) is 0 Å². The van der Waals surface area contributed by atoms with Crippen molar-refractivity contribution in [3.63, 3.8) is 0 Å². The summed E-state index contributed by atoms with van der Waals surface area (Å²) in [6.45, 7) is 0. The first-order chi connectivity index (χ1) is 10.8. The summed E-state index contributed by atoms with van der Waals surface area (Å²) >= 11 is 5.98. The zero-order chi connectivity index (χ0) is 15.4. The van der Waals surface area contributed by atoms with Gasteiger partial charge in [0, 0.05) is 16.6 Å². The van der Waals surface area contributed by atoms with Crippen LogP contribution in [0, 0.1) is 0 Å². The lowest BCUT2D eigenvalue weighted by atomic mass is 10.2. The summed E-state index contributed by atoms with van der Waals surface area (Å²) in [5, 5.41) is 5.90. The number of anilines is 1. The summed E-state index contributed by atoms with van der Waals surface area (Å²) in [5.74, 6) is 0.821. The minimum absolute atomic E-state index is 0.666. The quantitative estimate of drug-likeness (QED) is 0.576. The van der Waals surface area contributed by atoms with Gasteiger partial charge in [0.15, 0.2) is 0 Å². The van der Waals surface area contributed by atoms with Crippen LogP contribution in [-0.4, -0.2) is 18.3 Å². The van der Waals surface area contributed by atoms with Crippen LogP contribution in [0.1, 0.15) is 5.56 Å². The molecule has 0 radical (unpaired) electrons. The van der Waals surface area contributed by atoms with E-state index in [2.05, 4.69) is 15.5 Å². The lowest BCUT2D eigenvalue weighted by Crippen LogP contribution is -1.93. The number of hydrazone groups is 1. The van der Waals surface area contributed by atoms with Crippen LogP contribution in [0.2, 0.25) is 5.02 Å². The molecule has 0 aliphatic carbocycles. The number of fused-ring (bicyclic) bond motifs is 1. The van der Waals surface area contributed by atoms with Gasteiger partial charge < -0.3 is 4.74 Å². The van der Waals surface area contributed by atoms with Gasteiger partial charge in [-0.2, -0.15) is 5.10 Å². The van der Waals surface area contributed by atoms with E-state index in [1.807, 2.05) is 48.5 Å². The monoisotopic (exact) mass is 311 g/mol. The molecule has 0 fully saturated rings. The normalized spacial score (nSPS) is 11.0. The standard InChI is InChI=1S/C17H14ClN3O/c1-22-14-5-2-12(3-6-14)11-20-21-16-8-9-19-17-10-13(18)4-7-15(16)17/h2-11H,1H3,(H,19,21)/b20-11+. The Bertz CT molecular complexity index is 816. The summed E-state index contributed by atoms with van der Waals surface area (Å²) < 4.78 is 5.12. The van der Waals surface area contributed by atoms with E-state index in [1.165, 1.54) is 0 Å². The molecule has 0 saturated heterocycles. The van der Waals surface area contributed by atoms with Gasteiger partial charge in [-0.25, -0.2) is 0 Å². The molecule has 3 rings (SSSR count). The topological polar surface area (TPSA) is 46.5 Å².